The van der Waals surface area contributed by atoms with Gasteiger partial charge in [-0.05, 0) is 38.4 Å². The van der Waals surface area contributed by atoms with Crippen LogP contribution in [-0.4, -0.2) is 41.3 Å². The van der Waals surface area contributed by atoms with Crippen LogP contribution in [0.5, 0.6) is 11.5 Å². The molecule has 6 nitrogen and oxygen atoms in total. The topological polar surface area (TPSA) is 76.7 Å². The molecule has 0 aromatic heterocycles. The number of hydrogen-bond acceptors (Lipinski definition) is 5. The molecule has 1 aliphatic heterocycles. The lowest BCUT2D eigenvalue weighted by atomic mass is 10.0. The van der Waals surface area contributed by atoms with E-state index < -0.39 is 10.0 Å². The van der Waals surface area contributed by atoms with Crippen molar-refractivity contribution in [1.29, 1.82) is 0 Å². The molecule has 1 aromatic rings. The van der Waals surface area contributed by atoms with Crippen LogP contribution in [0.4, 0.5) is 0 Å². The van der Waals surface area contributed by atoms with E-state index in [4.69, 9.17) is 9.47 Å². The molecular formula is C14H22N2O4S. The van der Waals surface area contributed by atoms with Crippen molar-refractivity contribution in [2.24, 2.45) is 0 Å². The molecule has 7 heteroatoms. The Labute approximate surface area is 125 Å². The van der Waals surface area contributed by atoms with Crippen LogP contribution >= 0.6 is 0 Å². The van der Waals surface area contributed by atoms with Gasteiger partial charge in [0.25, 0.3) is 0 Å². The monoisotopic (exact) mass is 314 g/mol. The van der Waals surface area contributed by atoms with Crippen LogP contribution < -0.4 is 19.5 Å². The van der Waals surface area contributed by atoms with Gasteiger partial charge in [-0.1, -0.05) is 0 Å². The fourth-order valence-electron chi connectivity index (χ4n) is 2.51. The largest absolute Gasteiger partial charge is 0.493 e. The van der Waals surface area contributed by atoms with Gasteiger partial charge in [0.05, 0.1) is 19.1 Å². The molecule has 0 radical (unpaired) electrons. The first-order valence-corrected chi connectivity index (χ1v) is 8.42. The molecule has 1 saturated heterocycles. The maximum atomic E-state index is 12.4. The molecule has 0 spiro atoms. The summed E-state index contributed by atoms with van der Waals surface area (Å²) in [5.74, 6) is 0.908. The van der Waals surface area contributed by atoms with Gasteiger partial charge in [-0.25, -0.2) is 13.1 Å². The molecule has 118 valence electrons. The summed E-state index contributed by atoms with van der Waals surface area (Å²) in [4.78, 5) is 0.186. The summed E-state index contributed by atoms with van der Waals surface area (Å²) in [6.45, 7) is 2.87. The summed E-state index contributed by atoms with van der Waals surface area (Å²) in [6.07, 6.45) is 1.57. The highest BCUT2D eigenvalue weighted by molar-refractivity contribution is 7.89. The molecule has 0 aliphatic carbocycles. The van der Waals surface area contributed by atoms with Crippen LogP contribution in [0.15, 0.2) is 23.1 Å². The Morgan fingerprint density at radius 1 is 1.24 bits per heavy atom. The molecule has 2 N–H and O–H groups in total. The van der Waals surface area contributed by atoms with Crippen molar-refractivity contribution in [1.82, 2.24) is 10.0 Å². The summed E-state index contributed by atoms with van der Waals surface area (Å²) in [6, 6.07) is 4.87. The van der Waals surface area contributed by atoms with Crippen LogP contribution in [0.2, 0.25) is 0 Å². The molecule has 0 saturated carbocycles. The quantitative estimate of drug-likeness (QED) is 0.852. The average Bonchev–Trinajstić information content (AvgIpc) is 2.46. The number of ether oxygens (including phenoxy) is 2. The van der Waals surface area contributed by atoms with Crippen molar-refractivity contribution in [3.63, 3.8) is 0 Å². The summed E-state index contributed by atoms with van der Waals surface area (Å²) in [7, 11) is -0.557. The van der Waals surface area contributed by atoms with Crippen molar-refractivity contribution in [3.8, 4) is 11.5 Å². The minimum Gasteiger partial charge on any atom is -0.493 e. The maximum absolute atomic E-state index is 12.4. The highest BCUT2D eigenvalue weighted by atomic mass is 32.2. The molecule has 0 bridgehead atoms. The van der Waals surface area contributed by atoms with Gasteiger partial charge in [-0.15, -0.1) is 0 Å². The normalized spacial score (nSPS) is 22.8. The van der Waals surface area contributed by atoms with E-state index in [0.717, 1.165) is 19.4 Å². The van der Waals surface area contributed by atoms with E-state index in [1.807, 2.05) is 0 Å². The number of nitrogens with one attached hydrogen (secondary N) is 2. The predicted molar refractivity (Wildman–Crippen MR) is 80.4 cm³/mol. The molecular weight excluding hydrogens is 292 g/mol. The van der Waals surface area contributed by atoms with E-state index in [1.165, 1.54) is 26.4 Å². The predicted octanol–water partition coefficient (Wildman–Crippen LogP) is 1.12. The third-order valence-electron chi connectivity index (χ3n) is 3.61. The van der Waals surface area contributed by atoms with Crippen LogP contribution in [-0.2, 0) is 10.0 Å². The smallest absolute Gasteiger partial charge is 0.240 e. The number of rotatable bonds is 5. The summed E-state index contributed by atoms with van der Waals surface area (Å²) >= 11 is 0. The standard InChI is InChI=1S/C14H22N2O4S/c1-10-8-11(6-7-15-10)16-21(17,18)12-4-5-13(19-2)14(9-12)20-3/h4-5,9-11,15-16H,6-8H2,1-3H3. The first kappa shape index (κ1) is 16.1. The van der Waals surface area contributed by atoms with Gasteiger partial charge >= 0.3 is 0 Å². The highest BCUT2D eigenvalue weighted by Crippen LogP contribution is 2.29. The van der Waals surface area contributed by atoms with E-state index in [-0.39, 0.29) is 10.9 Å². The Bertz CT molecular complexity index is 589. The third-order valence-corrected chi connectivity index (χ3v) is 5.13. The van der Waals surface area contributed by atoms with E-state index in [9.17, 15) is 8.42 Å². The van der Waals surface area contributed by atoms with E-state index >= 15 is 0 Å². The maximum Gasteiger partial charge on any atom is 0.240 e. The van der Waals surface area contributed by atoms with Crippen molar-refractivity contribution in [3.05, 3.63) is 18.2 Å². The molecule has 2 rings (SSSR count). The van der Waals surface area contributed by atoms with Crippen molar-refractivity contribution >= 4 is 10.0 Å². The summed E-state index contributed by atoms with van der Waals surface area (Å²) in [5, 5.41) is 3.30. The second kappa shape index (κ2) is 6.64. The summed E-state index contributed by atoms with van der Waals surface area (Å²) in [5.41, 5.74) is 0. The Hall–Kier alpha value is -1.31. The van der Waals surface area contributed by atoms with Crippen LogP contribution in [0, 0.1) is 0 Å². The third kappa shape index (κ3) is 3.87. The zero-order valence-corrected chi connectivity index (χ0v) is 13.4. The molecule has 2 unspecified atom stereocenters. The van der Waals surface area contributed by atoms with Gasteiger partial charge in [0, 0.05) is 18.2 Å². The molecule has 1 heterocycles. The molecule has 1 aliphatic rings. The minimum absolute atomic E-state index is 0.0423. The SMILES string of the molecule is COc1ccc(S(=O)(=O)NC2CCNC(C)C2)cc1OC. The number of hydrogen-bond donors (Lipinski definition) is 2. The molecule has 21 heavy (non-hydrogen) atoms. The first-order valence-electron chi connectivity index (χ1n) is 6.94. The Morgan fingerprint density at radius 2 is 1.95 bits per heavy atom. The van der Waals surface area contributed by atoms with E-state index in [1.54, 1.807) is 6.07 Å². The van der Waals surface area contributed by atoms with Crippen LogP contribution in [0.25, 0.3) is 0 Å². The van der Waals surface area contributed by atoms with Crippen LogP contribution in [0.3, 0.4) is 0 Å². The van der Waals surface area contributed by atoms with Gasteiger partial charge < -0.3 is 14.8 Å². The fourth-order valence-corrected chi connectivity index (χ4v) is 3.81. The van der Waals surface area contributed by atoms with Crippen LogP contribution in [0.1, 0.15) is 19.8 Å². The lowest BCUT2D eigenvalue weighted by Gasteiger charge is -2.28. The molecule has 2 atom stereocenters. The fraction of sp³-hybridized carbons (Fsp3) is 0.571. The zero-order valence-electron chi connectivity index (χ0n) is 12.5. The highest BCUT2D eigenvalue weighted by Gasteiger charge is 2.25. The Balaban J connectivity index is 2.19. The average molecular weight is 314 g/mol. The second-order valence-electron chi connectivity index (χ2n) is 5.21. The van der Waals surface area contributed by atoms with Gasteiger partial charge in [0.1, 0.15) is 0 Å². The van der Waals surface area contributed by atoms with E-state index in [2.05, 4.69) is 17.0 Å². The lowest BCUT2D eigenvalue weighted by Crippen LogP contribution is -2.46. The van der Waals surface area contributed by atoms with Gasteiger partial charge in [0.15, 0.2) is 11.5 Å². The van der Waals surface area contributed by atoms with Gasteiger partial charge in [0.2, 0.25) is 10.0 Å². The van der Waals surface area contributed by atoms with E-state index in [0.29, 0.717) is 17.5 Å². The number of methoxy groups -OCH3 is 2. The first-order chi connectivity index (χ1) is 9.96. The van der Waals surface area contributed by atoms with Crippen molar-refractivity contribution in [2.75, 3.05) is 20.8 Å². The number of piperidine rings is 1. The summed E-state index contributed by atoms with van der Waals surface area (Å²) < 4.78 is 37.9. The lowest BCUT2D eigenvalue weighted by molar-refractivity contribution is 0.353. The van der Waals surface area contributed by atoms with Gasteiger partial charge in [-0.2, -0.15) is 0 Å². The number of benzene rings is 1. The second-order valence-corrected chi connectivity index (χ2v) is 6.93. The number of sulfonamides is 1. The van der Waals surface area contributed by atoms with Crippen molar-refractivity contribution in [2.45, 2.75) is 36.7 Å². The minimum atomic E-state index is -3.55. The molecule has 1 fully saturated rings. The van der Waals surface area contributed by atoms with Crippen molar-refractivity contribution < 1.29 is 17.9 Å². The van der Waals surface area contributed by atoms with Gasteiger partial charge in [-0.3, -0.25) is 0 Å². The molecule has 0 amide bonds. The Kier molecular flexibility index (Phi) is 5.08. The zero-order chi connectivity index (χ0) is 15.5. The Morgan fingerprint density at radius 3 is 2.57 bits per heavy atom. The molecule has 1 aromatic carbocycles.